The maximum Gasteiger partial charge on any atom is 0.317 e. The summed E-state index contributed by atoms with van der Waals surface area (Å²) >= 11 is 0. The molecule has 1 aliphatic rings. The summed E-state index contributed by atoms with van der Waals surface area (Å²) in [6.45, 7) is 3.66. The number of aromatic nitrogens is 1. The molecule has 1 aliphatic heterocycles. The highest BCUT2D eigenvalue weighted by atomic mass is 32.2. The SMILES string of the molecule is CCNC(=O)N1CCN(S(=O)(=O)c2ccc(N)nc2)CC1. The van der Waals surface area contributed by atoms with E-state index in [0.717, 1.165) is 0 Å². The number of urea groups is 1. The van der Waals surface area contributed by atoms with Crippen molar-refractivity contribution >= 4 is 21.9 Å². The Morgan fingerprint density at radius 2 is 2.00 bits per heavy atom. The van der Waals surface area contributed by atoms with Gasteiger partial charge in [0, 0.05) is 38.9 Å². The maximum absolute atomic E-state index is 12.4. The predicted molar refractivity (Wildman–Crippen MR) is 78.1 cm³/mol. The lowest BCUT2D eigenvalue weighted by atomic mass is 10.4. The van der Waals surface area contributed by atoms with Crippen molar-refractivity contribution in [3.05, 3.63) is 18.3 Å². The van der Waals surface area contributed by atoms with Crippen molar-refractivity contribution in [2.75, 3.05) is 38.5 Å². The molecule has 1 aromatic heterocycles. The Balaban J connectivity index is 2.04. The summed E-state index contributed by atoms with van der Waals surface area (Å²) in [6.07, 6.45) is 1.25. The van der Waals surface area contributed by atoms with Gasteiger partial charge in [-0.1, -0.05) is 0 Å². The predicted octanol–water partition coefficient (Wildman–Crippen LogP) is -0.300. The number of nitrogens with zero attached hydrogens (tertiary/aromatic N) is 3. The minimum Gasteiger partial charge on any atom is -0.384 e. The monoisotopic (exact) mass is 313 g/mol. The molecule has 21 heavy (non-hydrogen) atoms. The zero-order valence-corrected chi connectivity index (χ0v) is 12.6. The first kappa shape index (κ1) is 15.5. The smallest absolute Gasteiger partial charge is 0.317 e. The number of nitrogens with one attached hydrogen (secondary N) is 1. The number of amides is 2. The van der Waals surface area contributed by atoms with Gasteiger partial charge >= 0.3 is 6.03 Å². The summed E-state index contributed by atoms with van der Waals surface area (Å²) < 4.78 is 26.2. The second-order valence-electron chi connectivity index (χ2n) is 4.65. The van der Waals surface area contributed by atoms with Crippen LogP contribution in [-0.4, -0.2) is 61.4 Å². The molecule has 1 aromatic rings. The van der Waals surface area contributed by atoms with Gasteiger partial charge in [-0.05, 0) is 19.1 Å². The number of carbonyl (C=O) groups is 1. The highest BCUT2D eigenvalue weighted by Gasteiger charge is 2.30. The molecule has 0 saturated carbocycles. The number of piperazine rings is 1. The quantitative estimate of drug-likeness (QED) is 0.796. The zero-order valence-electron chi connectivity index (χ0n) is 11.8. The number of anilines is 1. The molecule has 0 radical (unpaired) electrons. The van der Waals surface area contributed by atoms with E-state index in [2.05, 4.69) is 10.3 Å². The first-order valence-electron chi connectivity index (χ1n) is 6.69. The third-order valence-electron chi connectivity index (χ3n) is 3.25. The Bertz CT molecular complexity index is 594. The van der Waals surface area contributed by atoms with E-state index < -0.39 is 10.0 Å². The van der Waals surface area contributed by atoms with Crippen LogP contribution in [0.2, 0.25) is 0 Å². The third-order valence-corrected chi connectivity index (χ3v) is 5.13. The topological polar surface area (TPSA) is 109 Å². The number of pyridine rings is 1. The molecule has 3 N–H and O–H groups in total. The molecule has 8 nitrogen and oxygen atoms in total. The van der Waals surface area contributed by atoms with Crippen LogP contribution < -0.4 is 11.1 Å². The number of nitrogens with two attached hydrogens (primary N) is 1. The van der Waals surface area contributed by atoms with Crippen molar-refractivity contribution in [1.29, 1.82) is 0 Å². The number of sulfonamides is 1. The molecule has 1 saturated heterocycles. The molecule has 0 aliphatic carbocycles. The first-order chi connectivity index (χ1) is 9.95. The molecule has 1 fully saturated rings. The highest BCUT2D eigenvalue weighted by Crippen LogP contribution is 2.17. The fourth-order valence-corrected chi connectivity index (χ4v) is 3.46. The van der Waals surface area contributed by atoms with E-state index in [9.17, 15) is 13.2 Å². The van der Waals surface area contributed by atoms with Crippen LogP contribution >= 0.6 is 0 Å². The van der Waals surface area contributed by atoms with Gasteiger partial charge in [-0.15, -0.1) is 0 Å². The minimum absolute atomic E-state index is 0.114. The number of rotatable bonds is 3. The van der Waals surface area contributed by atoms with Gasteiger partial charge in [0.05, 0.1) is 0 Å². The number of hydrogen-bond donors (Lipinski definition) is 2. The standard InChI is InChI=1S/C12H19N5O3S/c1-2-14-12(18)16-5-7-17(8-6-16)21(19,20)10-3-4-11(13)15-9-10/h3-4,9H,2,5-8H2,1H3,(H2,13,15)(H,14,18). The Morgan fingerprint density at radius 3 is 2.52 bits per heavy atom. The normalized spacial score (nSPS) is 16.7. The number of hydrogen-bond acceptors (Lipinski definition) is 5. The molecule has 0 unspecified atom stereocenters. The second-order valence-corrected chi connectivity index (χ2v) is 6.58. The second kappa shape index (κ2) is 6.27. The van der Waals surface area contributed by atoms with Gasteiger partial charge in [-0.3, -0.25) is 0 Å². The lowest BCUT2D eigenvalue weighted by Crippen LogP contribution is -2.53. The van der Waals surface area contributed by atoms with Crippen molar-refractivity contribution in [3.63, 3.8) is 0 Å². The summed E-state index contributed by atoms with van der Waals surface area (Å²) in [4.78, 5) is 17.2. The lowest BCUT2D eigenvalue weighted by molar-refractivity contribution is 0.173. The molecular formula is C12H19N5O3S. The molecule has 2 amide bonds. The van der Waals surface area contributed by atoms with Gasteiger partial charge in [-0.2, -0.15) is 4.31 Å². The minimum atomic E-state index is -3.58. The molecule has 2 heterocycles. The molecule has 0 bridgehead atoms. The number of nitrogen functional groups attached to an aromatic ring is 1. The Hall–Kier alpha value is -1.87. The first-order valence-corrected chi connectivity index (χ1v) is 8.13. The zero-order chi connectivity index (χ0) is 15.5. The Kier molecular flexibility index (Phi) is 4.63. The number of carbonyl (C=O) groups excluding carboxylic acids is 1. The summed E-state index contributed by atoms with van der Waals surface area (Å²) in [6, 6.07) is 2.73. The van der Waals surface area contributed by atoms with Crippen molar-refractivity contribution in [3.8, 4) is 0 Å². The van der Waals surface area contributed by atoms with Crippen LogP contribution in [0.15, 0.2) is 23.2 Å². The van der Waals surface area contributed by atoms with E-state index in [1.54, 1.807) is 4.90 Å². The molecule has 2 rings (SSSR count). The van der Waals surface area contributed by atoms with Crippen molar-refractivity contribution in [2.45, 2.75) is 11.8 Å². The summed E-state index contributed by atoms with van der Waals surface area (Å²) in [5.74, 6) is 0.273. The third kappa shape index (κ3) is 3.42. The van der Waals surface area contributed by atoms with Gasteiger partial charge in [0.25, 0.3) is 0 Å². The van der Waals surface area contributed by atoms with Gasteiger partial charge < -0.3 is 16.0 Å². The Labute approximate surface area is 124 Å². The summed E-state index contributed by atoms with van der Waals surface area (Å²) in [5.41, 5.74) is 5.46. The van der Waals surface area contributed by atoms with Gasteiger partial charge in [0.2, 0.25) is 10.0 Å². The van der Waals surface area contributed by atoms with E-state index in [-0.39, 0.29) is 29.8 Å². The van der Waals surface area contributed by atoms with E-state index >= 15 is 0 Å². The van der Waals surface area contributed by atoms with Crippen LogP contribution in [-0.2, 0) is 10.0 Å². The van der Waals surface area contributed by atoms with E-state index in [4.69, 9.17) is 5.73 Å². The largest absolute Gasteiger partial charge is 0.384 e. The fraction of sp³-hybridized carbons (Fsp3) is 0.500. The van der Waals surface area contributed by atoms with Gasteiger partial charge in [0.15, 0.2) is 0 Å². The molecular weight excluding hydrogens is 294 g/mol. The van der Waals surface area contributed by atoms with Gasteiger partial charge in [0.1, 0.15) is 10.7 Å². The average molecular weight is 313 g/mol. The van der Waals surface area contributed by atoms with Crippen molar-refractivity contribution in [1.82, 2.24) is 19.5 Å². The van der Waals surface area contributed by atoms with Crippen LogP contribution in [0.3, 0.4) is 0 Å². The molecule has 0 spiro atoms. The summed E-state index contributed by atoms with van der Waals surface area (Å²) in [5, 5.41) is 2.70. The van der Waals surface area contributed by atoms with E-state index in [1.165, 1.54) is 22.6 Å². The highest BCUT2D eigenvalue weighted by molar-refractivity contribution is 7.89. The van der Waals surface area contributed by atoms with Crippen LogP contribution in [0.25, 0.3) is 0 Å². The van der Waals surface area contributed by atoms with Crippen LogP contribution in [0.5, 0.6) is 0 Å². The fourth-order valence-electron chi connectivity index (χ4n) is 2.09. The van der Waals surface area contributed by atoms with Crippen LogP contribution in [0.4, 0.5) is 10.6 Å². The van der Waals surface area contributed by atoms with E-state index in [1.807, 2.05) is 6.92 Å². The van der Waals surface area contributed by atoms with Crippen molar-refractivity contribution < 1.29 is 13.2 Å². The van der Waals surface area contributed by atoms with E-state index in [0.29, 0.717) is 19.6 Å². The summed E-state index contributed by atoms with van der Waals surface area (Å²) in [7, 11) is -3.58. The Morgan fingerprint density at radius 1 is 1.33 bits per heavy atom. The molecule has 0 atom stereocenters. The van der Waals surface area contributed by atoms with Crippen molar-refractivity contribution in [2.24, 2.45) is 0 Å². The van der Waals surface area contributed by atoms with Crippen LogP contribution in [0.1, 0.15) is 6.92 Å². The molecule has 9 heteroatoms. The molecule has 116 valence electrons. The lowest BCUT2D eigenvalue weighted by Gasteiger charge is -2.33. The van der Waals surface area contributed by atoms with Gasteiger partial charge in [-0.25, -0.2) is 18.2 Å². The van der Waals surface area contributed by atoms with Crippen LogP contribution in [0, 0.1) is 0 Å². The molecule has 0 aromatic carbocycles. The maximum atomic E-state index is 12.4. The average Bonchev–Trinajstić information content (AvgIpc) is 2.48.